The second-order valence-corrected chi connectivity index (χ2v) is 5.61. The van der Waals surface area contributed by atoms with Gasteiger partial charge in [0.05, 0.1) is 10.2 Å². The van der Waals surface area contributed by atoms with E-state index in [2.05, 4.69) is 12.2 Å². The number of nitro benzene ring substituents is 1. The van der Waals surface area contributed by atoms with Gasteiger partial charge < -0.3 is 5.32 Å². The largest absolute Gasteiger partial charge is 0.325 e. The molecule has 0 radical (unpaired) electrons. The normalized spacial score (nSPS) is 11.9. The maximum absolute atomic E-state index is 11.9. The van der Waals surface area contributed by atoms with Crippen molar-refractivity contribution in [2.45, 2.75) is 31.9 Å². The van der Waals surface area contributed by atoms with Crippen LogP contribution >= 0.6 is 11.8 Å². The van der Waals surface area contributed by atoms with Crippen LogP contribution < -0.4 is 5.32 Å². The first-order valence-corrected chi connectivity index (χ1v) is 7.26. The summed E-state index contributed by atoms with van der Waals surface area (Å²) in [4.78, 5) is 21.9. The molecule has 0 aliphatic rings. The summed E-state index contributed by atoms with van der Waals surface area (Å²) in [5.41, 5.74) is 0.599. The third-order valence-electron chi connectivity index (χ3n) is 2.58. The van der Waals surface area contributed by atoms with Gasteiger partial charge in [0.25, 0.3) is 5.69 Å². The van der Waals surface area contributed by atoms with Gasteiger partial charge in [-0.2, -0.15) is 0 Å². The molecule has 0 fully saturated rings. The fourth-order valence-corrected chi connectivity index (χ4v) is 2.41. The first kappa shape index (κ1) is 15.5. The van der Waals surface area contributed by atoms with Gasteiger partial charge in [-0.3, -0.25) is 14.9 Å². The van der Waals surface area contributed by atoms with Gasteiger partial charge in [0.15, 0.2) is 0 Å². The Morgan fingerprint density at radius 2 is 2.05 bits per heavy atom. The number of thioether (sulfide) groups is 1. The van der Waals surface area contributed by atoms with Crippen LogP contribution in [0.25, 0.3) is 0 Å². The standard InChI is InChI=1S/C13H18N2O3S/c1-3-4-9-19-10(2)13(16)14-11-5-7-12(8-6-11)15(17)18/h5-8,10H,3-4,9H2,1-2H3,(H,14,16). The van der Waals surface area contributed by atoms with Gasteiger partial charge in [-0.15, -0.1) is 11.8 Å². The number of nitrogens with one attached hydrogen (secondary N) is 1. The summed E-state index contributed by atoms with van der Waals surface area (Å²) in [5.74, 6) is 0.890. The lowest BCUT2D eigenvalue weighted by Crippen LogP contribution is -2.22. The summed E-state index contributed by atoms with van der Waals surface area (Å²) in [6, 6.07) is 5.84. The highest BCUT2D eigenvalue weighted by Gasteiger charge is 2.13. The van der Waals surface area contributed by atoms with Crippen molar-refractivity contribution in [3.8, 4) is 0 Å². The van der Waals surface area contributed by atoms with Gasteiger partial charge >= 0.3 is 0 Å². The van der Waals surface area contributed by atoms with Crippen LogP contribution in [0.3, 0.4) is 0 Å². The zero-order valence-corrected chi connectivity index (χ0v) is 11.9. The number of hydrogen-bond donors (Lipinski definition) is 1. The maximum atomic E-state index is 11.9. The maximum Gasteiger partial charge on any atom is 0.269 e. The van der Waals surface area contributed by atoms with Crippen molar-refractivity contribution in [1.29, 1.82) is 0 Å². The summed E-state index contributed by atoms with van der Waals surface area (Å²) in [6.45, 7) is 3.98. The molecule has 0 saturated carbocycles. The number of benzene rings is 1. The average molecular weight is 282 g/mol. The molecule has 1 atom stereocenters. The number of anilines is 1. The van der Waals surface area contributed by atoms with E-state index in [1.54, 1.807) is 23.9 Å². The van der Waals surface area contributed by atoms with Crippen molar-refractivity contribution >= 4 is 29.0 Å². The Bertz CT molecular complexity index is 434. The van der Waals surface area contributed by atoms with Gasteiger partial charge in [0, 0.05) is 17.8 Å². The molecular formula is C13H18N2O3S. The van der Waals surface area contributed by atoms with Crippen LogP contribution in [0.5, 0.6) is 0 Å². The van der Waals surface area contributed by atoms with E-state index in [0.29, 0.717) is 5.69 Å². The average Bonchev–Trinajstić information content (AvgIpc) is 2.39. The first-order chi connectivity index (χ1) is 9.04. The Morgan fingerprint density at radius 1 is 1.42 bits per heavy atom. The summed E-state index contributed by atoms with van der Waals surface area (Å²) >= 11 is 1.62. The molecule has 1 N–H and O–H groups in total. The molecule has 0 aliphatic heterocycles. The van der Waals surface area contributed by atoms with E-state index < -0.39 is 4.92 Å². The second-order valence-electron chi connectivity index (χ2n) is 4.16. The van der Waals surface area contributed by atoms with E-state index in [4.69, 9.17) is 0 Å². The molecule has 1 amide bonds. The number of hydrogen-bond acceptors (Lipinski definition) is 4. The SMILES string of the molecule is CCCCSC(C)C(=O)Nc1ccc([N+](=O)[O-])cc1. The van der Waals surface area contributed by atoms with E-state index >= 15 is 0 Å². The van der Waals surface area contributed by atoms with Crippen molar-refractivity contribution < 1.29 is 9.72 Å². The molecule has 0 aliphatic carbocycles. The van der Waals surface area contributed by atoms with Crippen molar-refractivity contribution in [2.75, 3.05) is 11.1 Å². The zero-order valence-electron chi connectivity index (χ0n) is 11.1. The highest BCUT2D eigenvalue weighted by atomic mass is 32.2. The molecule has 19 heavy (non-hydrogen) atoms. The van der Waals surface area contributed by atoms with E-state index in [9.17, 15) is 14.9 Å². The number of rotatable bonds is 7. The molecule has 0 saturated heterocycles. The predicted molar refractivity (Wildman–Crippen MR) is 78.6 cm³/mol. The lowest BCUT2D eigenvalue weighted by Gasteiger charge is -2.11. The van der Waals surface area contributed by atoms with Gasteiger partial charge in [0.1, 0.15) is 0 Å². The molecule has 0 bridgehead atoms. The third-order valence-corrected chi connectivity index (χ3v) is 3.82. The number of carbonyl (C=O) groups excluding carboxylic acids is 1. The summed E-state index contributed by atoms with van der Waals surface area (Å²) in [6.07, 6.45) is 2.21. The summed E-state index contributed by atoms with van der Waals surface area (Å²) < 4.78 is 0. The molecule has 1 aromatic carbocycles. The molecule has 1 aromatic rings. The minimum atomic E-state index is -0.463. The lowest BCUT2D eigenvalue weighted by atomic mass is 10.3. The summed E-state index contributed by atoms with van der Waals surface area (Å²) in [5, 5.41) is 13.1. The Hall–Kier alpha value is -1.56. The molecule has 6 heteroatoms. The van der Waals surface area contributed by atoms with Crippen molar-refractivity contribution in [2.24, 2.45) is 0 Å². The molecular weight excluding hydrogens is 264 g/mol. The molecule has 0 aromatic heterocycles. The predicted octanol–water partition coefficient (Wildman–Crippen LogP) is 3.46. The topological polar surface area (TPSA) is 72.2 Å². The minimum Gasteiger partial charge on any atom is -0.325 e. The van der Waals surface area contributed by atoms with Gasteiger partial charge in [0.2, 0.25) is 5.91 Å². The van der Waals surface area contributed by atoms with E-state index in [1.165, 1.54) is 12.1 Å². The fourth-order valence-electron chi connectivity index (χ4n) is 1.39. The Balaban J connectivity index is 2.49. The first-order valence-electron chi connectivity index (χ1n) is 6.21. The molecule has 0 spiro atoms. The van der Waals surface area contributed by atoms with Crippen LogP contribution in [0.4, 0.5) is 11.4 Å². The smallest absolute Gasteiger partial charge is 0.269 e. The van der Waals surface area contributed by atoms with Crippen LogP contribution in [0, 0.1) is 10.1 Å². The molecule has 0 heterocycles. The highest BCUT2D eigenvalue weighted by Crippen LogP contribution is 2.18. The Labute approximate surface area is 116 Å². The van der Waals surface area contributed by atoms with Crippen molar-refractivity contribution in [3.05, 3.63) is 34.4 Å². The molecule has 5 nitrogen and oxygen atoms in total. The number of nitro groups is 1. The fraction of sp³-hybridized carbons (Fsp3) is 0.462. The van der Waals surface area contributed by atoms with E-state index in [1.807, 2.05) is 6.92 Å². The van der Waals surface area contributed by atoms with Crippen molar-refractivity contribution in [1.82, 2.24) is 0 Å². The quantitative estimate of drug-likeness (QED) is 0.472. The van der Waals surface area contributed by atoms with Gasteiger partial charge in [-0.1, -0.05) is 13.3 Å². The number of nitrogens with zero attached hydrogens (tertiary/aromatic N) is 1. The van der Waals surface area contributed by atoms with E-state index in [-0.39, 0.29) is 16.8 Å². The Morgan fingerprint density at radius 3 is 2.58 bits per heavy atom. The van der Waals surface area contributed by atoms with Gasteiger partial charge in [-0.25, -0.2) is 0 Å². The number of carbonyl (C=O) groups is 1. The molecule has 1 unspecified atom stereocenters. The third kappa shape index (κ3) is 5.30. The number of amides is 1. The number of unbranched alkanes of at least 4 members (excludes halogenated alkanes) is 1. The van der Waals surface area contributed by atoms with Crippen LogP contribution in [0.15, 0.2) is 24.3 Å². The monoisotopic (exact) mass is 282 g/mol. The highest BCUT2D eigenvalue weighted by molar-refractivity contribution is 8.00. The number of non-ortho nitro benzene ring substituents is 1. The van der Waals surface area contributed by atoms with Crippen LogP contribution in [0.1, 0.15) is 26.7 Å². The summed E-state index contributed by atoms with van der Waals surface area (Å²) in [7, 11) is 0. The molecule has 104 valence electrons. The van der Waals surface area contributed by atoms with Gasteiger partial charge in [-0.05, 0) is 31.2 Å². The Kier molecular flexibility index (Phi) is 6.35. The van der Waals surface area contributed by atoms with Crippen LogP contribution in [0.2, 0.25) is 0 Å². The lowest BCUT2D eigenvalue weighted by molar-refractivity contribution is -0.384. The minimum absolute atomic E-state index is 0.0170. The molecule has 1 rings (SSSR count). The zero-order chi connectivity index (χ0) is 14.3. The van der Waals surface area contributed by atoms with Crippen LogP contribution in [-0.4, -0.2) is 21.8 Å². The second kappa shape index (κ2) is 7.78. The van der Waals surface area contributed by atoms with Crippen LogP contribution in [-0.2, 0) is 4.79 Å². The van der Waals surface area contributed by atoms with E-state index in [0.717, 1.165) is 18.6 Å². The van der Waals surface area contributed by atoms with Crippen molar-refractivity contribution in [3.63, 3.8) is 0 Å².